The van der Waals surface area contributed by atoms with E-state index in [0.717, 1.165) is 22.2 Å². The van der Waals surface area contributed by atoms with Crippen molar-refractivity contribution >= 4 is 21.6 Å². The van der Waals surface area contributed by atoms with Gasteiger partial charge in [0, 0.05) is 11.4 Å². The van der Waals surface area contributed by atoms with Crippen molar-refractivity contribution in [3.05, 3.63) is 39.8 Å². The molecule has 0 aromatic carbocycles. The molecule has 0 saturated carbocycles. The Labute approximate surface area is 98.1 Å². The van der Waals surface area contributed by atoms with Crippen LogP contribution in [-0.4, -0.2) is 9.55 Å². The van der Waals surface area contributed by atoms with E-state index >= 15 is 0 Å². The summed E-state index contributed by atoms with van der Waals surface area (Å²) in [5.41, 5.74) is 0.984. The Kier molecular flexibility index (Phi) is 2.92. The smallest absolute Gasteiger partial charge is 0.262 e. The van der Waals surface area contributed by atoms with E-state index in [0.29, 0.717) is 6.54 Å². The Balaban J connectivity index is 2.59. The summed E-state index contributed by atoms with van der Waals surface area (Å²) >= 11 is 1.59. The van der Waals surface area contributed by atoms with Crippen LogP contribution in [0, 0.1) is 0 Å². The largest absolute Gasteiger partial charge is 0.295 e. The normalized spacial score (nSPS) is 10.9. The predicted molar refractivity (Wildman–Crippen MR) is 68.1 cm³/mol. The first-order valence-corrected chi connectivity index (χ1v) is 6.05. The van der Waals surface area contributed by atoms with E-state index in [4.69, 9.17) is 0 Å². The summed E-state index contributed by atoms with van der Waals surface area (Å²) in [5.74, 6) is 0. The lowest BCUT2D eigenvalue weighted by Gasteiger charge is -2.03. The molecule has 0 N–H and O–H groups in total. The summed E-state index contributed by atoms with van der Waals surface area (Å²) in [6.45, 7) is 8.33. The number of hydrogen-bond donors (Lipinski definition) is 0. The molecule has 3 nitrogen and oxygen atoms in total. The van der Waals surface area contributed by atoms with Gasteiger partial charge in [-0.2, -0.15) is 0 Å². The first-order valence-electron chi connectivity index (χ1n) is 5.24. The summed E-state index contributed by atoms with van der Waals surface area (Å²) in [6.07, 6.45) is 2.55. The highest BCUT2D eigenvalue weighted by Gasteiger charge is 2.07. The van der Waals surface area contributed by atoms with Crippen molar-refractivity contribution in [1.82, 2.24) is 9.55 Å². The molecule has 2 rings (SSSR count). The molecule has 0 atom stereocenters. The minimum Gasteiger partial charge on any atom is -0.295 e. The Morgan fingerprint density at radius 3 is 3.00 bits per heavy atom. The first kappa shape index (κ1) is 11.1. The van der Waals surface area contributed by atoms with Gasteiger partial charge < -0.3 is 0 Å². The summed E-state index contributed by atoms with van der Waals surface area (Å²) in [5, 5.41) is 0.727. The van der Waals surface area contributed by atoms with Crippen LogP contribution in [0.5, 0.6) is 0 Å². The highest BCUT2D eigenvalue weighted by atomic mass is 32.1. The van der Waals surface area contributed by atoms with Crippen molar-refractivity contribution in [1.29, 1.82) is 0 Å². The van der Waals surface area contributed by atoms with Gasteiger partial charge in [-0.25, -0.2) is 4.98 Å². The molecule has 2 aromatic rings. The van der Waals surface area contributed by atoms with Crippen molar-refractivity contribution in [3.8, 4) is 0 Å². The molecule has 0 radical (unpaired) electrons. The fourth-order valence-corrected chi connectivity index (χ4v) is 2.51. The van der Waals surface area contributed by atoms with E-state index in [9.17, 15) is 4.79 Å². The maximum absolute atomic E-state index is 12.1. The van der Waals surface area contributed by atoms with E-state index in [1.165, 1.54) is 4.88 Å². The quantitative estimate of drug-likeness (QED) is 0.765. The molecule has 0 unspecified atom stereocenters. The molecule has 16 heavy (non-hydrogen) atoms. The van der Waals surface area contributed by atoms with Crippen LogP contribution in [0.1, 0.15) is 18.7 Å². The Morgan fingerprint density at radius 2 is 2.38 bits per heavy atom. The van der Waals surface area contributed by atoms with Gasteiger partial charge >= 0.3 is 0 Å². The van der Waals surface area contributed by atoms with E-state index in [2.05, 4.69) is 18.5 Å². The van der Waals surface area contributed by atoms with Gasteiger partial charge in [-0.1, -0.05) is 19.1 Å². The van der Waals surface area contributed by atoms with Crippen LogP contribution < -0.4 is 5.56 Å². The fraction of sp³-hybridized carbons (Fsp3) is 0.333. The van der Waals surface area contributed by atoms with Gasteiger partial charge in [-0.05, 0) is 19.4 Å². The van der Waals surface area contributed by atoms with E-state index in [-0.39, 0.29) is 5.56 Å². The second-order valence-corrected chi connectivity index (χ2v) is 5.04. The van der Waals surface area contributed by atoms with Crippen LogP contribution in [0.15, 0.2) is 29.3 Å². The van der Waals surface area contributed by atoms with Gasteiger partial charge in [-0.15, -0.1) is 11.3 Å². The number of allylic oxidation sites excluding steroid dienone is 1. The van der Waals surface area contributed by atoms with Gasteiger partial charge in [0.25, 0.3) is 5.56 Å². The van der Waals surface area contributed by atoms with Crippen molar-refractivity contribution < 1.29 is 0 Å². The second-order valence-electron chi connectivity index (χ2n) is 3.92. The lowest BCUT2D eigenvalue weighted by molar-refractivity contribution is 0.739. The Hall–Kier alpha value is -1.42. The monoisotopic (exact) mass is 234 g/mol. The fourth-order valence-electron chi connectivity index (χ4n) is 1.59. The Bertz CT molecular complexity index is 595. The van der Waals surface area contributed by atoms with Crippen molar-refractivity contribution in [2.45, 2.75) is 26.8 Å². The van der Waals surface area contributed by atoms with Crippen LogP contribution >= 0.6 is 11.3 Å². The zero-order valence-corrected chi connectivity index (χ0v) is 10.3. The van der Waals surface area contributed by atoms with Gasteiger partial charge in [0.2, 0.25) is 0 Å². The molecule has 0 aliphatic carbocycles. The summed E-state index contributed by atoms with van der Waals surface area (Å²) in [7, 11) is 0. The first-order chi connectivity index (χ1) is 7.61. The molecule has 0 fully saturated rings. The molecule has 0 bridgehead atoms. The maximum Gasteiger partial charge on any atom is 0.262 e. The average molecular weight is 234 g/mol. The van der Waals surface area contributed by atoms with E-state index in [1.54, 1.807) is 22.2 Å². The average Bonchev–Trinajstić information content (AvgIpc) is 2.65. The zero-order valence-electron chi connectivity index (χ0n) is 9.49. The van der Waals surface area contributed by atoms with Crippen molar-refractivity contribution in [2.75, 3.05) is 0 Å². The van der Waals surface area contributed by atoms with Gasteiger partial charge in [0.05, 0.1) is 11.7 Å². The topological polar surface area (TPSA) is 34.9 Å². The summed E-state index contributed by atoms with van der Waals surface area (Å²) in [6, 6.07) is 1.95. The molecule has 0 saturated heterocycles. The number of rotatable bonds is 3. The number of nitrogens with zero attached hydrogens (tertiary/aromatic N) is 2. The maximum atomic E-state index is 12.1. The minimum absolute atomic E-state index is 0.0314. The summed E-state index contributed by atoms with van der Waals surface area (Å²) < 4.78 is 1.61. The van der Waals surface area contributed by atoms with Crippen LogP contribution in [-0.2, 0) is 13.0 Å². The third-order valence-corrected chi connectivity index (χ3v) is 3.55. The number of aryl methyl sites for hydroxylation is 1. The molecule has 2 heterocycles. The van der Waals surface area contributed by atoms with Crippen LogP contribution in [0.4, 0.5) is 0 Å². The van der Waals surface area contributed by atoms with Crippen LogP contribution in [0.3, 0.4) is 0 Å². The third-order valence-electron chi connectivity index (χ3n) is 2.36. The highest BCUT2D eigenvalue weighted by molar-refractivity contribution is 7.18. The molecule has 0 amide bonds. The molecule has 2 aromatic heterocycles. The number of thiophene rings is 1. The highest BCUT2D eigenvalue weighted by Crippen LogP contribution is 2.20. The lowest BCUT2D eigenvalue weighted by Crippen LogP contribution is -2.20. The molecular formula is C12H14N2OS. The minimum atomic E-state index is 0.0314. The van der Waals surface area contributed by atoms with Crippen molar-refractivity contribution in [2.24, 2.45) is 0 Å². The third kappa shape index (κ3) is 1.93. The standard InChI is InChI=1S/C12H14N2OS/c1-4-9-5-10-11(16-9)13-7-14(12(10)15)6-8(2)3/h5,7H,2,4,6H2,1,3H3. The molecule has 0 spiro atoms. The van der Waals surface area contributed by atoms with Crippen LogP contribution in [0.25, 0.3) is 10.2 Å². The summed E-state index contributed by atoms with van der Waals surface area (Å²) in [4.78, 5) is 18.4. The van der Waals surface area contributed by atoms with E-state index in [1.807, 2.05) is 13.0 Å². The molecule has 0 aliphatic heterocycles. The number of aromatic nitrogens is 2. The molecule has 0 aliphatic rings. The van der Waals surface area contributed by atoms with Gasteiger partial charge in [-0.3, -0.25) is 9.36 Å². The lowest BCUT2D eigenvalue weighted by atomic mass is 10.3. The predicted octanol–water partition coefficient (Wildman–Crippen LogP) is 2.60. The SMILES string of the molecule is C=C(C)Cn1cnc2sc(CC)cc2c1=O. The number of hydrogen-bond acceptors (Lipinski definition) is 3. The van der Waals surface area contributed by atoms with Gasteiger partial charge in [0.1, 0.15) is 4.83 Å². The second kappa shape index (κ2) is 4.22. The molecular weight excluding hydrogens is 220 g/mol. The molecule has 84 valence electrons. The number of fused-ring (bicyclic) bond motifs is 1. The zero-order chi connectivity index (χ0) is 11.7. The molecule has 4 heteroatoms. The Morgan fingerprint density at radius 1 is 1.62 bits per heavy atom. The van der Waals surface area contributed by atoms with E-state index < -0.39 is 0 Å². The van der Waals surface area contributed by atoms with Crippen molar-refractivity contribution in [3.63, 3.8) is 0 Å². The van der Waals surface area contributed by atoms with Gasteiger partial charge in [0.15, 0.2) is 0 Å². The van der Waals surface area contributed by atoms with Crippen LogP contribution in [0.2, 0.25) is 0 Å².